The maximum Gasteiger partial charge on any atom is 0.320 e. The van der Waals surface area contributed by atoms with Gasteiger partial charge in [0, 0.05) is 36.3 Å². The van der Waals surface area contributed by atoms with Gasteiger partial charge in [0.25, 0.3) is 5.91 Å². The summed E-state index contributed by atoms with van der Waals surface area (Å²) < 4.78 is 25.5. The molecule has 3 aromatic carbocycles. The van der Waals surface area contributed by atoms with Gasteiger partial charge in [0.2, 0.25) is 0 Å². The normalized spacial score (nSPS) is 14.5. The van der Waals surface area contributed by atoms with E-state index in [4.69, 9.17) is 21.1 Å². The molecule has 1 saturated carbocycles. The van der Waals surface area contributed by atoms with Crippen molar-refractivity contribution in [3.05, 3.63) is 89.1 Å². The highest BCUT2D eigenvalue weighted by Crippen LogP contribution is 2.37. The van der Waals surface area contributed by atoms with Crippen molar-refractivity contribution in [2.45, 2.75) is 38.4 Å². The second kappa shape index (κ2) is 14.2. The zero-order chi connectivity index (χ0) is 32.8. The standard InChI is InChI=1S/C31H32ClN6O7P/c1-18(30(40)41)37-46(43,34-17-19-6-4-3-5-7-19)38-29(39)23-15-22-26(16-28(23)44-2)33-13-12-27(22)45-21-10-11-25(24(32)14-21)36-31(42)35-20-8-9-20/h3-7,10-16,18,20H,8-9,17H2,1-2H3,(H,40,41)(H2,35,36,42)(H3,34,37,38,39,43)/t18-,46?/m0/s1. The SMILES string of the molecule is COc1cc2nccc(Oc3ccc(NC(=O)NC4CC4)c(Cl)c3)c2cc1C(=O)NP(=O)(NCc1ccccc1)N[C@@H](C)C(=O)O. The quantitative estimate of drug-likeness (QED) is 0.0975. The second-order valence-electron chi connectivity index (χ2n) is 10.6. The van der Waals surface area contributed by atoms with Crippen LogP contribution in [0.5, 0.6) is 17.2 Å². The number of carbonyl (C=O) groups excluding carboxylic acids is 2. The van der Waals surface area contributed by atoms with E-state index in [1.807, 2.05) is 6.07 Å². The van der Waals surface area contributed by atoms with E-state index in [9.17, 15) is 24.1 Å². The van der Waals surface area contributed by atoms with E-state index in [1.165, 1.54) is 32.4 Å². The highest BCUT2D eigenvalue weighted by atomic mass is 35.5. The Balaban J connectivity index is 1.40. The molecular weight excluding hydrogens is 635 g/mol. The predicted molar refractivity (Wildman–Crippen MR) is 174 cm³/mol. The number of benzene rings is 3. The van der Waals surface area contributed by atoms with Gasteiger partial charge in [0.15, 0.2) is 0 Å². The number of anilines is 1. The van der Waals surface area contributed by atoms with Crippen molar-refractivity contribution in [3.63, 3.8) is 0 Å². The molecule has 1 heterocycles. The third kappa shape index (κ3) is 8.32. The molecule has 0 bridgehead atoms. The first-order chi connectivity index (χ1) is 22.0. The van der Waals surface area contributed by atoms with Gasteiger partial charge in [-0.25, -0.2) is 15.0 Å². The summed E-state index contributed by atoms with van der Waals surface area (Å²) in [6.45, 7) is 1.39. The fourth-order valence-corrected chi connectivity index (χ4v) is 6.31. The molecule has 2 atom stereocenters. The molecule has 5 rings (SSSR count). The van der Waals surface area contributed by atoms with Gasteiger partial charge in [-0.3, -0.25) is 24.2 Å². The molecular formula is C31H32ClN6O7P. The van der Waals surface area contributed by atoms with Gasteiger partial charge >= 0.3 is 19.6 Å². The predicted octanol–water partition coefficient (Wildman–Crippen LogP) is 5.66. The molecule has 1 aliphatic carbocycles. The Morgan fingerprint density at radius 1 is 1.07 bits per heavy atom. The van der Waals surface area contributed by atoms with Gasteiger partial charge in [-0.2, -0.15) is 0 Å². The van der Waals surface area contributed by atoms with Crippen LogP contribution in [0.2, 0.25) is 5.02 Å². The lowest BCUT2D eigenvalue weighted by atomic mass is 10.1. The first-order valence-corrected chi connectivity index (χ1v) is 16.4. The molecule has 3 amide bonds. The van der Waals surface area contributed by atoms with Crippen molar-refractivity contribution in [1.29, 1.82) is 0 Å². The Morgan fingerprint density at radius 3 is 2.50 bits per heavy atom. The number of aliphatic carboxylic acids is 1. The van der Waals surface area contributed by atoms with Crippen LogP contribution in [0.1, 0.15) is 35.7 Å². The van der Waals surface area contributed by atoms with Crippen LogP contribution >= 0.6 is 19.2 Å². The minimum Gasteiger partial charge on any atom is -0.496 e. The van der Waals surface area contributed by atoms with Crippen LogP contribution in [0, 0.1) is 0 Å². The second-order valence-corrected chi connectivity index (χ2v) is 13.0. The number of fused-ring (bicyclic) bond motifs is 1. The maximum atomic E-state index is 13.9. The van der Waals surface area contributed by atoms with Gasteiger partial charge < -0.3 is 25.2 Å². The van der Waals surface area contributed by atoms with Gasteiger partial charge in [-0.15, -0.1) is 0 Å². The number of methoxy groups -OCH3 is 1. The molecule has 6 N–H and O–H groups in total. The summed E-state index contributed by atoms with van der Waals surface area (Å²) in [6.07, 6.45) is 3.43. The van der Waals surface area contributed by atoms with Gasteiger partial charge in [0.1, 0.15) is 23.3 Å². The van der Waals surface area contributed by atoms with E-state index in [0.717, 1.165) is 18.4 Å². The van der Waals surface area contributed by atoms with Crippen LogP contribution in [0.3, 0.4) is 0 Å². The number of pyridine rings is 1. The molecule has 15 heteroatoms. The Morgan fingerprint density at radius 2 is 1.83 bits per heavy atom. The largest absolute Gasteiger partial charge is 0.496 e. The number of hydrogen-bond donors (Lipinski definition) is 6. The average Bonchev–Trinajstić information content (AvgIpc) is 3.85. The molecule has 46 heavy (non-hydrogen) atoms. The first-order valence-electron chi connectivity index (χ1n) is 14.3. The Kier molecular flexibility index (Phi) is 10.1. The van der Waals surface area contributed by atoms with Crippen molar-refractivity contribution in [1.82, 2.24) is 25.6 Å². The summed E-state index contributed by atoms with van der Waals surface area (Å²) in [5, 5.41) is 23.4. The lowest BCUT2D eigenvalue weighted by Crippen LogP contribution is -2.42. The molecule has 1 aromatic heterocycles. The summed E-state index contributed by atoms with van der Waals surface area (Å²) >= 11 is 6.42. The zero-order valence-corrected chi connectivity index (χ0v) is 26.5. The number of nitrogens with one attached hydrogen (secondary N) is 5. The molecule has 4 aromatic rings. The zero-order valence-electron chi connectivity index (χ0n) is 24.9. The average molecular weight is 667 g/mol. The lowest BCUT2D eigenvalue weighted by molar-refractivity contribution is -0.138. The van der Waals surface area contributed by atoms with Crippen LogP contribution in [0.15, 0.2) is 72.9 Å². The van der Waals surface area contributed by atoms with Crippen molar-refractivity contribution >= 4 is 53.7 Å². The highest BCUT2D eigenvalue weighted by molar-refractivity contribution is 7.58. The molecule has 1 aliphatic rings. The first kappa shape index (κ1) is 32.7. The number of aromatic nitrogens is 1. The maximum absolute atomic E-state index is 13.9. The lowest BCUT2D eigenvalue weighted by Gasteiger charge is -2.24. The van der Waals surface area contributed by atoms with E-state index in [0.29, 0.717) is 28.1 Å². The fourth-order valence-electron chi connectivity index (χ4n) is 4.39. The van der Waals surface area contributed by atoms with Crippen LogP contribution in [-0.4, -0.2) is 47.2 Å². The summed E-state index contributed by atoms with van der Waals surface area (Å²) in [6, 6.07) is 17.0. The molecule has 0 spiro atoms. The van der Waals surface area contributed by atoms with Crippen molar-refractivity contribution in [2.75, 3.05) is 12.4 Å². The third-order valence-corrected chi connectivity index (χ3v) is 9.14. The van der Waals surface area contributed by atoms with Crippen molar-refractivity contribution in [3.8, 4) is 17.2 Å². The molecule has 240 valence electrons. The number of nitrogens with zero attached hydrogens (tertiary/aromatic N) is 1. The van der Waals surface area contributed by atoms with Crippen LogP contribution < -0.4 is 35.4 Å². The topological polar surface area (TPSA) is 180 Å². The van der Waals surface area contributed by atoms with Crippen molar-refractivity contribution < 1.29 is 33.5 Å². The molecule has 13 nitrogen and oxygen atoms in total. The number of halogens is 1. The highest BCUT2D eigenvalue weighted by Gasteiger charge is 2.31. The van der Waals surface area contributed by atoms with Gasteiger partial charge in [0.05, 0.1) is 28.9 Å². The number of hydrogen-bond acceptors (Lipinski definition) is 7. The Hall–Kier alpha value is -4.68. The monoisotopic (exact) mass is 666 g/mol. The Bertz CT molecular complexity index is 1820. The molecule has 0 radical (unpaired) electrons. The van der Waals surface area contributed by atoms with Crippen molar-refractivity contribution in [2.24, 2.45) is 0 Å². The van der Waals surface area contributed by atoms with Gasteiger partial charge in [-0.1, -0.05) is 41.9 Å². The number of amides is 3. The molecule has 1 fully saturated rings. The number of carboxylic acids is 1. The molecule has 0 aliphatic heterocycles. The van der Waals surface area contributed by atoms with Gasteiger partial charge in [-0.05, 0) is 49.6 Å². The number of rotatable bonds is 13. The smallest absolute Gasteiger partial charge is 0.320 e. The summed E-state index contributed by atoms with van der Waals surface area (Å²) in [5.74, 6) is -1.23. The minimum atomic E-state index is -4.03. The summed E-state index contributed by atoms with van der Waals surface area (Å²) in [5.41, 5.74) is 1.61. The fraction of sp³-hybridized carbons (Fsp3) is 0.226. The molecule has 0 saturated heterocycles. The van der Waals surface area contributed by atoms with Crippen LogP contribution in [0.25, 0.3) is 10.9 Å². The minimum absolute atomic E-state index is 0.00128. The van der Waals surface area contributed by atoms with Crippen LogP contribution in [-0.2, 0) is 15.9 Å². The summed E-state index contributed by atoms with van der Waals surface area (Å²) in [4.78, 5) is 41.7. The number of ether oxygens (including phenoxy) is 2. The summed E-state index contributed by atoms with van der Waals surface area (Å²) in [7, 11) is -2.66. The van der Waals surface area contributed by atoms with E-state index >= 15 is 0 Å². The Labute approximate surface area is 269 Å². The van der Waals surface area contributed by atoms with E-state index < -0.39 is 25.5 Å². The number of carbonyl (C=O) groups is 3. The number of urea groups is 1. The number of carboxylic acid groups (broad SMARTS) is 1. The van der Waals surface area contributed by atoms with Crippen LogP contribution in [0.4, 0.5) is 10.5 Å². The molecule has 1 unspecified atom stereocenters. The van der Waals surface area contributed by atoms with E-state index in [1.54, 1.807) is 48.5 Å². The van der Waals surface area contributed by atoms with E-state index in [-0.39, 0.29) is 35.0 Å². The third-order valence-electron chi connectivity index (χ3n) is 6.95. The van der Waals surface area contributed by atoms with E-state index in [2.05, 4.69) is 30.9 Å².